The number of alkyl halides is 2. The molecule has 146 valence electrons. The summed E-state index contributed by atoms with van der Waals surface area (Å²) < 4.78 is 29.6. The number of guanidine groups is 1. The van der Waals surface area contributed by atoms with E-state index >= 15 is 0 Å². The van der Waals surface area contributed by atoms with Crippen molar-refractivity contribution in [1.82, 2.24) is 15.5 Å². The van der Waals surface area contributed by atoms with Gasteiger partial charge in [-0.05, 0) is 45.3 Å². The van der Waals surface area contributed by atoms with Crippen LogP contribution in [0.4, 0.5) is 8.78 Å². The highest BCUT2D eigenvalue weighted by Gasteiger charge is 2.20. The van der Waals surface area contributed by atoms with Gasteiger partial charge in [0.2, 0.25) is 0 Å². The van der Waals surface area contributed by atoms with Crippen molar-refractivity contribution in [3.63, 3.8) is 0 Å². The Kier molecular flexibility index (Phi) is 8.61. The first-order chi connectivity index (χ1) is 12.6. The second kappa shape index (κ2) is 11.0. The van der Waals surface area contributed by atoms with Gasteiger partial charge in [0, 0.05) is 24.7 Å². The van der Waals surface area contributed by atoms with Crippen LogP contribution in [-0.4, -0.2) is 49.7 Å². The minimum atomic E-state index is -2.84. The molecule has 2 rings (SSSR count). The minimum absolute atomic E-state index is 0.172. The monoisotopic (exact) mass is 368 g/mol. The Morgan fingerprint density at radius 2 is 1.92 bits per heavy atom. The molecule has 1 heterocycles. The molecule has 1 saturated heterocycles. The molecule has 1 aromatic rings. The highest BCUT2D eigenvalue weighted by Crippen LogP contribution is 2.21. The summed E-state index contributed by atoms with van der Waals surface area (Å²) in [4.78, 5) is 7.05. The van der Waals surface area contributed by atoms with E-state index in [1.165, 1.54) is 18.9 Å². The van der Waals surface area contributed by atoms with E-state index in [4.69, 9.17) is 0 Å². The lowest BCUT2D eigenvalue weighted by Crippen LogP contribution is -2.46. The third-order valence-corrected chi connectivity index (χ3v) is 4.57. The van der Waals surface area contributed by atoms with Crippen molar-refractivity contribution in [1.29, 1.82) is 0 Å². The van der Waals surface area contributed by atoms with Crippen LogP contribution in [0.15, 0.2) is 29.3 Å². The molecule has 26 heavy (non-hydrogen) atoms. The molecule has 7 heteroatoms. The number of likely N-dealkylation sites (tertiary alicyclic amines) is 1. The van der Waals surface area contributed by atoms with Gasteiger partial charge in [-0.3, -0.25) is 4.90 Å². The van der Waals surface area contributed by atoms with Crippen LogP contribution in [0.2, 0.25) is 0 Å². The Hall–Kier alpha value is -1.89. The third kappa shape index (κ3) is 6.44. The Morgan fingerprint density at radius 3 is 2.58 bits per heavy atom. The molecular formula is C19H30F2N4O. The summed E-state index contributed by atoms with van der Waals surface area (Å²) in [6, 6.07) is 7.25. The van der Waals surface area contributed by atoms with E-state index in [2.05, 4.69) is 32.2 Å². The van der Waals surface area contributed by atoms with Gasteiger partial charge in [0.15, 0.2) is 5.96 Å². The van der Waals surface area contributed by atoms with Gasteiger partial charge in [-0.1, -0.05) is 25.1 Å². The quantitative estimate of drug-likeness (QED) is 0.519. The van der Waals surface area contributed by atoms with E-state index in [0.717, 1.165) is 32.6 Å². The maximum Gasteiger partial charge on any atom is 0.387 e. The number of halogens is 2. The fourth-order valence-corrected chi connectivity index (χ4v) is 3.20. The largest absolute Gasteiger partial charge is 0.434 e. The predicted octanol–water partition coefficient (Wildman–Crippen LogP) is 3.22. The molecule has 0 radical (unpaired) electrons. The van der Waals surface area contributed by atoms with E-state index in [0.29, 0.717) is 17.6 Å². The second-order valence-electron chi connectivity index (χ2n) is 6.37. The molecule has 1 aromatic carbocycles. The summed E-state index contributed by atoms with van der Waals surface area (Å²) in [6.07, 6.45) is 3.62. The topological polar surface area (TPSA) is 48.9 Å². The zero-order chi connectivity index (χ0) is 18.8. The van der Waals surface area contributed by atoms with Crippen LogP contribution in [0.1, 0.15) is 38.7 Å². The Bertz CT molecular complexity index is 562. The molecule has 0 amide bonds. The minimum Gasteiger partial charge on any atom is -0.434 e. The Balaban J connectivity index is 1.97. The Morgan fingerprint density at radius 1 is 1.19 bits per heavy atom. The van der Waals surface area contributed by atoms with Crippen molar-refractivity contribution in [3.8, 4) is 5.75 Å². The number of nitrogens with one attached hydrogen (secondary N) is 2. The van der Waals surface area contributed by atoms with Crippen molar-refractivity contribution in [2.75, 3.05) is 26.2 Å². The fourth-order valence-electron chi connectivity index (χ4n) is 3.20. The summed E-state index contributed by atoms with van der Waals surface area (Å²) in [5.41, 5.74) is 0.636. The molecule has 0 spiro atoms. The standard InChI is InChI=1S/C19H30F2N4O/c1-3-16(25-11-7-8-12-25)14-24-19(22-4-2)23-13-15-9-5-6-10-17(15)26-18(20)21/h5-6,9-10,16,18H,3-4,7-8,11-14H2,1-2H3,(H2,22,23,24). The van der Waals surface area contributed by atoms with Gasteiger partial charge in [-0.2, -0.15) is 8.78 Å². The normalized spacial score (nSPS) is 16.7. The van der Waals surface area contributed by atoms with Crippen molar-refractivity contribution in [2.24, 2.45) is 4.99 Å². The molecule has 0 aromatic heterocycles. The first-order valence-corrected chi connectivity index (χ1v) is 9.43. The van der Waals surface area contributed by atoms with E-state index in [1.807, 2.05) is 6.92 Å². The highest BCUT2D eigenvalue weighted by molar-refractivity contribution is 5.79. The van der Waals surface area contributed by atoms with Crippen LogP contribution in [-0.2, 0) is 6.54 Å². The first-order valence-electron chi connectivity index (χ1n) is 9.43. The van der Waals surface area contributed by atoms with Crippen LogP contribution < -0.4 is 15.4 Å². The van der Waals surface area contributed by atoms with Crippen LogP contribution in [0.5, 0.6) is 5.75 Å². The highest BCUT2D eigenvalue weighted by atomic mass is 19.3. The van der Waals surface area contributed by atoms with Crippen LogP contribution >= 0.6 is 0 Å². The molecule has 1 aliphatic rings. The molecule has 1 fully saturated rings. The van der Waals surface area contributed by atoms with Gasteiger partial charge in [0.1, 0.15) is 5.75 Å². The van der Waals surface area contributed by atoms with Gasteiger partial charge < -0.3 is 15.4 Å². The van der Waals surface area contributed by atoms with Gasteiger partial charge in [-0.15, -0.1) is 0 Å². The van der Waals surface area contributed by atoms with Crippen LogP contribution in [0, 0.1) is 0 Å². The Labute approximate surface area is 154 Å². The summed E-state index contributed by atoms with van der Waals surface area (Å²) in [6.45, 7) is 5.52. The molecule has 0 saturated carbocycles. The molecule has 0 bridgehead atoms. The smallest absolute Gasteiger partial charge is 0.387 e. The number of ether oxygens (including phenoxy) is 1. The lowest BCUT2D eigenvalue weighted by atomic mass is 10.2. The first kappa shape index (κ1) is 20.4. The zero-order valence-electron chi connectivity index (χ0n) is 15.7. The molecule has 1 aliphatic heterocycles. The van der Waals surface area contributed by atoms with E-state index < -0.39 is 6.61 Å². The average molecular weight is 368 g/mol. The lowest BCUT2D eigenvalue weighted by Gasteiger charge is -2.27. The van der Waals surface area contributed by atoms with Crippen LogP contribution in [0.3, 0.4) is 0 Å². The number of benzene rings is 1. The van der Waals surface area contributed by atoms with Gasteiger partial charge in [-0.25, -0.2) is 4.99 Å². The SMILES string of the molecule is CCNC(=NCc1ccccc1OC(F)F)NCC(CC)N1CCCC1. The number of para-hydroxylation sites is 1. The van der Waals surface area contributed by atoms with Gasteiger partial charge in [0.05, 0.1) is 6.54 Å². The van der Waals surface area contributed by atoms with Crippen molar-refractivity contribution < 1.29 is 13.5 Å². The summed E-state index contributed by atoms with van der Waals surface area (Å²) in [5.74, 6) is 0.864. The summed E-state index contributed by atoms with van der Waals surface area (Å²) in [5, 5.41) is 6.60. The number of rotatable bonds is 9. The molecule has 5 nitrogen and oxygen atoms in total. The molecule has 0 aliphatic carbocycles. The number of nitrogens with zero attached hydrogens (tertiary/aromatic N) is 2. The molecular weight excluding hydrogens is 338 g/mol. The van der Waals surface area contributed by atoms with Crippen LogP contribution in [0.25, 0.3) is 0 Å². The van der Waals surface area contributed by atoms with E-state index in [-0.39, 0.29) is 12.3 Å². The van der Waals surface area contributed by atoms with E-state index in [1.54, 1.807) is 18.2 Å². The summed E-state index contributed by atoms with van der Waals surface area (Å²) in [7, 11) is 0. The average Bonchev–Trinajstić information content (AvgIpc) is 3.15. The number of hydrogen-bond donors (Lipinski definition) is 2. The fraction of sp³-hybridized carbons (Fsp3) is 0.632. The van der Waals surface area contributed by atoms with E-state index in [9.17, 15) is 8.78 Å². The molecule has 1 unspecified atom stereocenters. The predicted molar refractivity (Wildman–Crippen MR) is 101 cm³/mol. The van der Waals surface area contributed by atoms with Crippen molar-refractivity contribution in [3.05, 3.63) is 29.8 Å². The maximum absolute atomic E-state index is 12.5. The molecule has 1 atom stereocenters. The second-order valence-corrected chi connectivity index (χ2v) is 6.37. The van der Waals surface area contributed by atoms with Crippen molar-refractivity contribution in [2.45, 2.75) is 52.3 Å². The summed E-state index contributed by atoms with van der Waals surface area (Å²) >= 11 is 0. The molecule has 2 N–H and O–H groups in total. The third-order valence-electron chi connectivity index (χ3n) is 4.57. The van der Waals surface area contributed by atoms with Crippen molar-refractivity contribution >= 4 is 5.96 Å². The number of hydrogen-bond acceptors (Lipinski definition) is 3. The zero-order valence-corrected chi connectivity index (χ0v) is 15.7. The number of aliphatic imine (C=N–C) groups is 1. The lowest BCUT2D eigenvalue weighted by molar-refractivity contribution is -0.0504. The maximum atomic E-state index is 12.5. The van der Waals surface area contributed by atoms with Gasteiger partial charge in [0.25, 0.3) is 0 Å². The van der Waals surface area contributed by atoms with Gasteiger partial charge >= 0.3 is 6.61 Å².